The lowest BCUT2D eigenvalue weighted by molar-refractivity contribution is -0.148. The molecule has 0 aromatic carbocycles. The van der Waals surface area contributed by atoms with E-state index in [2.05, 4.69) is 25.9 Å². The maximum Gasteiger partial charge on any atom is 0.323 e. The van der Waals surface area contributed by atoms with Gasteiger partial charge in [0.25, 0.3) is 0 Å². The predicted octanol–water partition coefficient (Wildman–Crippen LogP) is -0.0547. The number of esters is 1. The second kappa shape index (κ2) is 8.37. The number of nitrogens with two attached hydrogens (primary N) is 1. The average molecular weight is 351 g/mol. The highest BCUT2D eigenvalue weighted by Gasteiger charge is 2.38. The van der Waals surface area contributed by atoms with Crippen molar-refractivity contribution in [1.29, 1.82) is 0 Å². The van der Waals surface area contributed by atoms with Gasteiger partial charge in [0.15, 0.2) is 5.82 Å². The van der Waals surface area contributed by atoms with Gasteiger partial charge in [-0.15, -0.1) is 10.2 Å². The zero-order valence-corrected chi connectivity index (χ0v) is 14.2. The molecule has 9 heteroatoms. The lowest BCUT2D eigenvalue weighted by Crippen LogP contribution is -2.50. The molecular weight excluding hydrogens is 324 g/mol. The van der Waals surface area contributed by atoms with Gasteiger partial charge in [0.1, 0.15) is 12.6 Å². The van der Waals surface area contributed by atoms with Crippen molar-refractivity contribution < 1.29 is 15.7 Å². The number of ether oxygens (including phenoxy) is 1. The van der Waals surface area contributed by atoms with Gasteiger partial charge in [-0.2, -0.15) is 5.21 Å². The molecule has 1 aliphatic heterocycles. The van der Waals surface area contributed by atoms with Crippen LogP contribution in [0.3, 0.4) is 0 Å². The molecular formula is C16H26N6O3. The average Bonchev–Trinajstić information content (AvgIpc) is 3.12. The number of nitrogens with one attached hydrogen (secondary N) is 2. The predicted molar refractivity (Wildman–Crippen MR) is 88.0 cm³/mol. The third kappa shape index (κ3) is 4.97. The molecule has 25 heavy (non-hydrogen) atoms. The number of amides is 1. The topological polar surface area (TPSA) is 136 Å². The fourth-order valence-electron chi connectivity index (χ4n) is 3.90. The number of hydrogen-bond donors (Lipinski definition) is 3. The Balaban J connectivity index is 1.51. The van der Waals surface area contributed by atoms with E-state index < -0.39 is 17.9 Å². The molecule has 4 N–H and O–H groups in total. The van der Waals surface area contributed by atoms with E-state index in [-0.39, 0.29) is 13.0 Å². The quantitative estimate of drug-likeness (QED) is 0.586. The summed E-state index contributed by atoms with van der Waals surface area (Å²) >= 11 is 0. The third-order valence-corrected chi connectivity index (χ3v) is 5.29. The van der Waals surface area contributed by atoms with Crippen LogP contribution in [0, 0.1) is 17.8 Å². The molecule has 1 saturated carbocycles. The van der Waals surface area contributed by atoms with Gasteiger partial charge in [0, 0.05) is 6.42 Å². The van der Waals surface area contributed by atoms with Gasteiger partial charge in [-0.05, 0) is 50.0 Å². The van der Waals surface area contributed by atoms with Crippen LogP contribution in [0.25, 0.3) is 0 Å². The van der Waals surface area contributed by atoms with E-state index in [0.717, 1.165) is 37.9 Å². The number of piperidine rings is 1. The van der Waals surface area contributed by atoms with Crippen molar-refractivity contribution in [3.05, 3.63) is 5.82 Å². The summed E-state index contributed by atoms with van der Waals surface area (Å²) in [6.45, 7) is 0.578. The first-order valence-electron chi connectivity index (χ1n) is 9.39. The van der Waals surface area contributed by atoms with Crippen LogP contribution in [0.4, 0.5) is 0 Å². The van der Waals surface area contributed by atoms with Crippen molar-refractivity contribution in [3.63, 3.8) is 0 Å². The molecule has 4 atom stereocenters. The first-order chi connectivity index (χ1) is 12.5. The van der Waals surface area contributed by atoms with E-state index in [4.69, 9.17) is 11.8 Å². The Morgan fingerprint density at radius 3 is 2.96 bits per heavy atom. The summed E-state index contributed by atoms with van der Waals surface area (Å²) in [7, 11) is 0. The Morgan fingerprint density at radius 1 is 1.32 bits per heavy atom. The molecule has 2 heterocycles. The minimum atomic E-state index is -1.44. The number of fused-ring (bicyclic) bond motifs is 1. The van der Waals surface area contributed by atoms with Crippen LogP contribution in [0.2, 0.25) is 0 Å². The summed E-state index contributed by atoms with van der Waals surface area (Å²) in [5.74, 6) is 0.944. The van der Waals surface area contributed by atoms with Crippen molar-refractivity contribution >= 4 is 11.9 Å². The molecule has 0 bridgehead atoms. The molecule has 0 radical (unpaired) electrons. The lowest BCUT2D eigenvalue weighted by atomic mass is 9.69. The number of H-pyrrole nitrogens is 1. The summed E-state index contributed by atoms with van der Waals surface area (Å²) in [4.78, 5) is 23.0. The molecule has 0 unspecified atom stereocenters. The Kier molecular flexibility index (Phi) is 5.51. The van der Waals surface area contributed by atoms with Gasteiger partial charge >= 0.3 is 5.97 Å². The fourth-order valence-corrected chi connectivity index (χ4v) is 3.90. The number of carbonyl (C=O) groups excluding carboxylic acids is 2. The number of rotatable bonds is 7. The summed E-state index contributed by atoms with van der Waals surface area (Å²) < 4.78 is 13.6. The van der Waals surface area contributed by atoms with Gasteiger partial charge in [-0.3, -0.25) is 9.59 Å². The number of aromatic nitrogens is 4. The van der Waals surface area contributed by atoms with Gasteiger partial charge in [-0.25, -0.2) is 0 Å². The Morgan fingerprint density at radius 2 is 2.20 bits per heavy atom. The van der Waals surface area contributed by atoms with Crippen molar-refractivity contribution in [2.24, 2.45) is 23.5 Å². The molecule has 138 valence electrons. The minimum absolute atomic E-state index is 0.0218. The van der Waals surface area contributed by atoms with Gasteiger partial charge in [-0.1, -0.05) is 11.6 Å². The van der Waals surface area contributed by atoms with Crippen LogP contribution in [0.5, 0.6) is 0 Å². The molecule has 0 spiro atoms. The second-order valence-corrected chi connectivity index (χ2v) is 6.98. The Hall–Kier alpha value is -2.03. The molecule has 1 aliphatic carbocycles. The van der Waals surface area contributed by atoms with Crippen molar-refractivity contribution in [2.45, 2.75) is 51.0 Å². The smallest absolute Gasteiger partial charge is 0.323 e. The Labute approximate surface area is 147 Å². The number of primary amides is 1. The normalized spacial score (nSPS) is 32.5. The monoisotopic (exact) mass is 351 g/mol. The maximum atomic E-state index is 12.3. The molecule has 1 aromatic rings. The largest absolute Gasteiger partial charge is 0.464 e. The number of tetrazole rings is 1. The van der Waals surface area contributed by atoms with Crippen LogP contribution >= 0.6 is 0 Å². The summed E-state index contributed by atoms with van der Waals surface area (Å²) in [5.41, 5.74) is 5.05. The van der Waals surface area contributed by atoms with E-state index in [1.807, 2.05) is 0 Å². The summed E-state index contributed by atoms with van der Waals surface area (Å²) in [6.07, 6.45) is 5.44. The first kappa shape index (κ1) is 16.4. The number of aryl methyl sites for hydroxylation is 1. The summed E-state index contributed by atoms with van der Waals surface area (Å²) in [5, 5.41) is 17.1. The van der Waals surface area contributed by atoms with Gasteiger partial charge < -0.3 is 15.8 Å². The molecule has 1 saturated heterocycles. The van der Waals surface area contributed by atoms with Crippen LogP contribution in [0.1, 0.15) is 45.7 Å². The van der Waals surface area contributed by atoms with Crippen molar-refractivity contribution in [2.75, 3.05) is 13.2 Å². The van der Waals surface area contributed by atoms with Crippen LogP contribution in [-0.4, -0.2) is 51.7 Å². The summed E-state index contributed by atoms with van der Waals surface area (Å²) in [6, 6.07) is -1.44. The molecule has 9 nitrogen and oxygen atoms in total. The second-order valence-electron chi connectivity index (χ2n) is 6.98. The molecule has 1 aromatic heterocycles. The SMILES string of the molecule is [2H][C@@]1(C(=O)OCCC(N)=O)C[C@H]2C[C@@H](CCc3nn[nH]n3)CC[C@H]2CN1. The van der Waals surface area contributed by atoms with Gasteiger partial charge in [0.2, 0.25) is 5.91 Å². The highest BCUT2D eigenvalue weighted by molar-refractivity contribution is 5.77. The van der Waals surface area contributed by atoms with E-state index >= 15 is 0 Å². The van der Waals surface area contributed by atoms with Crippen molar-refractivity contribution in [1.82, 2.24) is 25.9 Å². The third-order valence-electron chi connectivity index (χ3n) is 5.29. The zero-order chi connectivity index (χ0) is 18.6. The number of hydrogen-bond acceptors (Lipinski definition) is 7. The number of carbonyl (C=O) groups is 2. The lowest BCUT2D eigenvalue weighted by Gasteiger charge is -2.42. The highest BCUT2D eigenvalue weighted by Crippen LogP contribution is 2.40. The van der Waals surface area contributed by atoms with E-state index in [1.54, 1.807) is 0 Å². The van der Waals surface area contributed by atoms with E-state index in [0.29, 0.717) is 30.7 Å². The van der Waals surface area contributed by atoms with E-state index in [9.17, 15) is 9.59 Å². The Bertz CT molecular complexity index is 628. The van der Waals surface area contributed by atoms with E-state index in [1.165, 1.54) is 0 Å². The fraction of sp³-hybridized carbons (Fsp3) is 0.812. The molecule has 2 fully saturated rings. The number of nitrogens with zero attached hydrogens (tertiary/aromatic N) is 3. The van der Waals surface area contributed by atoms with Crippen molar-refractivity contribution in [3.8, 4) is 0 Å². The molecule has 1 amide bonds. The van der Waals surface area contributed by atoms with Crippen LogP contribution in [-0.2, 0) is 20.7 Å². The number of aromatic amines is 1. The first-order valence-corrected chi connectivity index (χ1v) is 8.89. The van der Waals surface area contributed by atoms with Gasteiger partial charge in [0.05, 0.1) is 7.79 Å². The maximum absolute atomic E-state index is 12.3. The molecule has 2 aliphatic rings. The van der Waals surface area contributed by atoms with Crippen LogP contribution in [0.15, 0.2) is 0 Å². The minimum Gasteiger partial charge on any atom is -0.464 e. The standard InChI is InChI=1S/C16H26N6O3/c17-14(23)5-6-25-16(24)13-8-12-7-10(1-3-11(12)9-18-13)2-4-15-19-21-22-20-15/h10-13,18H,1-9H2,(H2,17,23)(H,19,20,21,22)/t10-,11+,12-,13+/m1/s1/i13D. The zero-order valence-electron chi connectivity index (χ0n) is 15.2. The molecule has 3 rings (SSSR count). The highest BCUT2D eigenvalue weighted by atomic mass is 16.5. The van der Waals surface area contributed by atoms with Crippen LogP contribution < -0.4 is 11.1 Å².